The zero-order valence-corrected chi connectivity index (χ0v) is 21.2. The normalized spacial score (nSPS) is 11.6. The number of fused-ring (bicyclic) bond motifs is 1. The zero-order chi connectivity index (χ0) is 26.3. The Balaban J connectivity index is 1.65. The summed E-state index contributed by atoms with van der Waals surface area (Å²) >= 11 is 6.78. The van der Waals surface area contributed by atoms with Crippen molar-refractivity contribution in [2.75, 3.05) is 11.8 Å². The second-order valence-electron chi connectivity index (χ2n) is 7.79. The first-order valence-electron chi connectivity index (χ1n) is 10.5. The summed E-state index contributed by atoms with van der Waals surface area (Å²) < 4.78 is 71.3. The van der Waals surface area contributed by atoms with Crippen molar-refractivity contribution < 1.29 is 21.9 Å². The van der Waals surface area contributed by atoms with Gasteiger partial charge in [0.05, 0.1) is 41.1 Å². The molecule has 0 unspecified atom stereocenters. The van der Waals surface area contributed by atoms with Crippen molar-refractivity contribution in [2.45, 2.75) is 4.90 Å². The molecule has 2 aromatic heterocycles. The number of ether oxygens (including phenoxy) is 1. The van der Waals surface area contributed by atoms with Gasteiger partial charge < -0.3 is 4.74 Å². The van der Waals surface area contributed by atoms with Crippen LogP contribution in [0.2, 0.25) is 5.02 Å². The van der Waals surface area contributed by atoms with Crippen molar-refractivity contribution in [2.24, 2.45) is 0 Å². The van der Waals surface area contributed by atoms with Crippen LogP contribution in [-0.4, -0.2) is 28.8 Å². The highest BCUT2D eigenvalue weighted by molar-refractivity contribution is 7.92. The van der Waals surface area contributed by atoms with E-state index in [9.17, 15) is 17.6 Å². The maximum Gasteiger partial charge on any atom is 0.263 e. The molecule has 3 aromatic carbocycles. The first kappa shape index (κ1) is 24.8. The lowest BCUT2D eigenvalue weighted by Crippen LogP contribution is -2.19. The van der Waals surface area contributed by atoms with Crippen LogP contribution in [0.25, 0.3) is 27.7 Å². The molecule has 0 amide bonds. The third kappa shape index (κ3) is 4.78. The Kier molecular flexibility index (Phi) is 6.40. The van der Waals surface area contributed by atoms with Crippen LogP contribution in [0.5, 0.6) is 5.75 Å². The van der Waals surface area contributed by atoms with E-state index in [1.165, 1.54) is 60.3 Å². The molecule has 37 heavy (non-hydrogen) atoms. The molecule has 0 radical (unpaired) electrons. The van der Waals surface area contributed by atoms with Gasteiger partial charge in [0.15, 0.2) is 5.82 Å². The summed E-state index contributed by atoms with van der Waals surface area (Å²) in [5.74, 6) is -1.18. The summed E-state index contributed by atoms with van der Waals surface area (Å²) in [5.41, 5.74) is 0.0840. The fraction of sp³-hybridized carbons (Fsp3) is 0.0417. The van der Waals surface area contributed by atoms with E-state index >= 15 is 4.39 Å². The zero-order valence-electron chi connectivity index (χ0n) is 18.8. The number of rotatable bonds is 6. The number of benzene rings is 3. The molecule has 8 nitrogen and oxygen atoms in total. The highest BCUT2D eigenvalue weighted by atomic mass is 35.5. The Hall–Kier alpha value is -3.87. The number of nitrogens with one attached hydrogen (secondary N) is 1. The molecule has 0 saturated heterocycles. The summed E-state index contributed by atoms with van der Waals surface area (Å²) in [6, 6.07) is 12.9. The van der Waals surface area contributed by atoms with E-state index in [-0.39, 0.29) is 38.3 Å². The highest BCUT2D eigenvalue weighted by Crippen LogP contribution is 2.35. The largest absolute Gasteiger partial charge is 0.495 e. The summed E-state index contributed by atoms with van der Waals surface area (Å²) in [7, 11) is -2.64. The second-order valence-corrected chi connectivity index (χ2v) is 10.5. The molecule has 5 aromatic rings. The van der Waals surface area contributed by atoms with Gasteiger partial charge >= 0.3 is 0 Å². The molecule has 1 N–H and O–H groups in total. The van der Waals surface area contributed by atoms with Crippen molar-refractivity contribution in [1.82, 2.24) is 13.3 Å². The molecule has 0 spiro atoms. The number of methoxy groups -OCH3 is 1. The van der Waals surface area contributed by atoms with E-state index in [2.05, 4.69) is 13.5 Å². The molecule has 0 saturated carbocycles. The molecular formula is C24H15ClF2N4O4S2. The van der Waals surface area contributed by atoms with Gasteiger partial charge in [-0.15, -0.1) is 0 Å². The van der Waals surface area contributed by atoms with E-state index in [1.807, 2.05) is 0 Å². The highest BCUT2D eigenvalue weighted by Gasteiger charge is 2.20. The number of hydrogen-bond acceptors (Lipinski definition) is 7. The number of pyridine rings is 1. The molecule has 13 heteroatoms. The molecule has 0 aliphatic rings. The van der Waals surface area contributed by atoms with E-state index in [0.29, 0.717) is 10.9 Å². The molecule has 5 rings (SSSR count). The van der Waals surface area contributed by atoms with Crippen LogP contribution in [0.4, 0.5) is 14.6 Å². The minimum Gasteiger partial charge on any atom is -0.495 e. The minimum absolute atomic E-state index is 0.0197. The van der Waals surface area contributed by atoms with Gasteiger partial charge in [0.1, 0.15) is 17.4 Å². The molecular weight excluding hydrogens is 546 g/mol. The lowest BCUT2D eigenvalue weighted by molar-refractivity contribution is 0.412. The molecule has 0 bridgehead atoms. The van der Waals surface area contributed by atoms with E-state index in [0.717, 1.165) is 29.9 Å². The Labute approximate surface area is 218 Å². The van der Waals surface area contributed by atoms with Gasteiger partial charge in [-0.2, -0.15) is 8.75 Å². The predicted octanol–water partition coefficient (Wildman–Crippen LogP) is 5.25. The van der Waals surface area contributed by atoms with Crippen molar-refractivity contribution in [3.63, 3.8) is 0 Å². The standard InChI is InChI=1S/C24H15ClF2N4O4S2/c1-35-22-10-18(14-6-15(25)9-16(26)7-14)19(27)11-21(22)31-20-4-3-17(8-13(20)2-5-24(31)32)37(33,34)30-23-12-28-36-29-23/h2-12H,1H3,(H,29,30). The van der Waals surface area contributed by atoms with Gasteiger partial charge in [0.25, 0.3) is 15.6 Å². The summed E-state index contributed by atoms with van der Waals surface area (Å²) in [6.45, 7) is 0. The van der Waals surface area contributed by atoms with E-state index in [1.54, 1.807) is 0 Å². The fourth-order valence-corrected chi connectivity index (χ4v) is 5.53. The van der Waals surface area contributed by atoms with Crippen molar-refractivity contribution in [3.8, 4) is 22.6 Å². The van der Waals surface area contributed by atoms with Crippen LogP contribution in [-0.2, 0) is 10.0 Å². The van der Waals surface area contributed by atoms with Gasteiger partial charge in [-0.05, 0) is 54.1 Å². The van der Waals surface area contributed by atoms with Crippen LogP contribution in [0.15, 0.2) is 76.6 Å². The van der Waals surface area contributed by atoms with Crippen LogP contribution >= 0.6 is 23.3 Å². The summed E-state index contributed by atoms with van der Waals surface area (Å²) in [4.78, 5) is 12.8. The van der Waals surface area contributed by atoms with Crippen LogP contribution < -0.4 is 15.0 Å². The Morgan fingerprint density at radius 2 is 1.86 bits per heavy atom. The van der Waals surface area contributed by atoms with Crippen molar-refractivity contribution >= 4 is 50.1 Å². The summed E-state index contributed by atoms with van der Waals surface area (Å²) in [5, 5.41) is 0.483. The van der Waals surface area contributed by atoms with Gasteiger partial charge in [-0.1, -0.05) is 11.6 Å². The monoisotopic (exact) mass is 560 g/mol. The minimum atomic E-state index is -3.98. The lowest BCUT2D eigenvalue weighted by atomic mass is 10.0. The molecule has 188 valence electrons. The number of hydrogen-bond donors (Lipinski definition) is 1. The first-order valence-corrected chi connectivity index (χ1v) is 13.1. The maximum atomic E-state index is 15.3. The Morgan fingerprint density at radius 1 is 1.05 bits per heavy atom. The second kappa shape index (κ2) is 9.54. The summed E-state index contributed by atoms with van der Waals surface area (Å²) in [6.07, 6.45) is 1.28. The van der Waals surface area contributed by atoms with E-state index < -0.39 is 27.2 Å². The smallest absolute Gasteiger partial charge is 0.263 e. The van der Waals surface area contributed by atoms with Crippen molar-refractivity contribution in [1.29, 1.82) is 0 Å². The van der Waals surface area contributed by atoms with Crippen LogP contribution in [0, 0.1) is 11.6 Å². The van der Waals surface area contributed by atoms with Crippen LogP contribution in [0.3, 0.4) is 0 Å². The Bertz CT molecular complexity index is 1810. The van der Waals surface area contributed by atoms with Gasteiger partial charge in [-0.3, -0.25) is 14.1 Å². The predicted molar refractivity (Wildman–Crippen MR) is 137 cm³/mol. The number of nitrogens with zero attached hydrogens (tertiary/aromatic N) is 3. The molecule has 0 aliphatic carbocycles. The number of aromatic nitrogens is 3. The molecule has 0 aliphatic heterocycles. The number of anilines is 1. The molecule has 0 fully saturated rings. The van der Waals surface area contributed by atoms with Crippen molar-refractivity contribution in [3.05, 3.63) is 93.9 Å². The SMILES string of the molecule is COc1cc(-c2cc(F)cc(Cl)c2)c(F)cc1-n1c(=O)ccc2cc(S(=O)(=O)Nc3cnsn3)ccc21. The number of sulfonamides is 1. The third-order valence-corrected chi connectivity index (χ3v) is 7.51. The fourth-order valence-electron chi connectivity index (χ4n) is 3.86. The Morgan fingerprint density at radius 3 is 2.57 bits per heavy atom. The maximum absolute atomic E-state index is 15.3. The number of halogens is 3. The molecule has 0 atom stereocenters. The van der Waals surface area contributed by atoms with E-state index in [4.69, 9.17) is 16.3 Å². The van der Waals surface area contributed by atoms with Gasteiger partial charge in [0, 0.05) is 28.1 Å². The third-order valence-electron chi connectivity index (χ3n) is 5.46. The average molecular weight is 561 g/mol. The first-order chi connectivity index (χ1) is 17.7. The molecule has 2 heterocycles. The lowest BCUT2D eigenvalue weighted by Gasteiger charge is -2.16. The average Bonchev–Trinajstić information content (AvgIpc) is 3.35. The van der Waals surface area contributed by atoms with Gasteiger partial charge in [-0.25, -0.2) is 17.2 Å². The quantitative estimate of drug-likeness (QED) is 0.304. The van der Waals surface area contributed by atoms with Crippen LogP contribution in [0.1, 0.15) is 0 Å². The topological polar surface area (TPSA) is 103 Å². The van der Waals surface area contributed by atoms with Gasteiger partial charge in [0.2, 0.25) is 0 Å².